The summed E-state index contributed by atoms with van der Waals surface area (Å²) in [5.41, 5.74) is 5.43. The summed E-state index contributed by atoms with van der Waals surface area (Å²) in [6, 6.07) is 0. The fraction of sp³-hybridized carbons (Fsp3) is 0.900. The van der Waals surface area contributed by atoms with Gasteiger partial charge in [-0.15, -0.1) is 0 Å². The number of morpholine rings is 1. The van der Waals surface area contributed by atoms with Gasteiger partial charge in [-0.3, -0.25) is 4.79 Å². The first-order valence-corrected chi connectivity index (χ1v) is 5.29. The SMILES string of the molecule is CC1CN(C(=O)C2(CN)CC2)CCO1. The van der Waals surface area contributed by atoms with Gasteiger partial charge in [0.25, 0.3) is 0 Å². The zero-order valence-electron chi connectivity index (χ0n) is 8.66. The molecule has 2 N–H and O–H groups in total. The number of carbonyl (C=O) groups is 1. The first-order chi connectivity index (χ1) is 6.68. The number of hydrogen-bond donors (Lipinski definition) is 1. The maximum Gasteiger partial charge on any atom is 0.230 e. The van der Waals surface area contributed by atoms with Crippen LogP contribution in [0.25, 0.3) is 0 Å². The molecule has 0 radical (unpaired) electrons. The molecule has 2 rings (SSSR count). The summed E-state index contributed by atoms with van der Waals surface area (Å²) in [4.78, 5) is 14.0. The molecule has 2 fully saturated rings. The lowest BCUT2D eigenvalue weighted by Gasteiger charge is -2.33. The van der Waals surface area contributed by atoms with Gasteiger partial charge in [0.1, 0.15) is 0 Å². The third-order valence-electron chi connectivity index (χ3n) is 3.23. The van der Waals surface area contributed by atoms with Gasteiger partial charge >= 0.3 is 0 Å². The van der Waals surface area contributed by atoms with Crippen LogP contribution in [0.3, 0.4) is 0 Å². The van der Waals surface area contributed by atoms with Gasteiger partial charge in [-0.05, 0) is 19.8 Å². The smallest absolute Gasteiger partial charge is 0.230 e. The Balaban J connectivity index is 1.97. The lowest BCUT2D eigenvalue weighted by atomic mass is 10.1. The zero-order chi connectivity index (χ0) is 10.2. The van der Waals surface area contributed by atoms with Gasteiger partial charge < -0.3 is 15.4 Å². The molecule has 1 unspecified atom stereocenters. The second-order valence-electron chi connectivity index (χ2n) is 4.42. The molecular formula is C10H18N2O2. The summed E-state index contributed by atoms with van der Waals surface area (Å²) in [5.74, 6) is 0.246. The van der Waals surface area contributed by atoms with Crippen LogP contribution in [0.15, 0.2) is 0 Å². The number of amides is 1. The van der Waals surface area contributed by atoms with Crippen LogP contribution in [0.5, 0.6) is 0 Å². The van der Waals surface area contributed by atoms with E-state index in [0.717, 1.165) is 25.9 Å². The summed E-state index contributed by atoms with van der Waals surface area (Å²) in [7, 11) is 0. The van der Waals surface area contributed by atoms with Crippen molar-refractivity contribution in [2.24, 2.45) is 11.1 Å². The van der Waals surface area contributed by atoms with E-state index in [1.165, 1.54) is 0 Å². The predicted molar refractivity (Wildman–Crippen MR) is 52.7 cm³/mol. The fourth-order valence-corrected chi connectivity index (χ4v) is 1.99. The molecule has 4 nitrogen and oxygen atoms in total. The van der Waals surface area contributed by atoms with E-state index in [2.05, 4.69) is 0 Å². The van der Waals surface area contributed by atoms with E-state index in [1.54, 1.807) is 0 Å². The van der Waals surface area contributed by atoms with Crippen LogP contribution in [0.4, 0.5) is 0 Å². The predicted octanol–water partition coefficient (Wildman–Crippen LogP) is -0.0274. The highest BCUT2D eigenvalue weighted by Gasteiger charge is 2.50. The highest BCUT2D eigenvalue weighted by Crippen LogP contribution is 2.46. The summed E-state index contributed by atoms with van der Waals surface area (Å²) < 4.78 is 5.40. The van der Waals surface area contributed by atoms with Crippen molar-refractivity contribution in [1.82, 2.24) is 4.90 Å². The van der Waals surface area contributed by atoms with Crippen LogP contribution in [0, 0.1) is 5.41 Å². The number of ether oxygens (including phenoxy) is 1. The molecular weight excluding hydrogens is 180 g/mol. The Kier molecular flexibility index (Phi) is 2.49. The van der Waals surface area contributed by atoms with E-state index in [-0.39, 0.29) is 17.4 Å². The lowest BCUT2D eigenvalue weighted by molar-refractivity contribution is -0.143. The minimum absolute atomic E-state index is 0.168. The fourth-order valence-electron chi connectivity index (χ4n) is 1.99. The van der Waals surface area contributed by atoms with Crippen molar-refractivity contribution in [1.29, 1.82) is 0 Å². The van der Waals surface area contributed by atoms with Crippen molar-refractivity contribution >= 4 is 5.91 Å². The van der Waals surface area contributed by atoms with Gasteiger partial charge in [0.05, 0.1) is 18.1 Å². The third kappa shape index (κ3) is 1.64. The second kappa shape index (κ2) is 3.51. The largest absolute Gasteiger partial charge is 0.375 e. The van der Waals surface area contributed by atoms with Crippen LogP contribution in [0.1, 0.15) is 19.8 Å². The maximum absolute atomic E-state index is 12.0. The number of nitrogens with zero attached hydrogens (tertiary/aromatic N) is 1. The summed E-state index contributed by atoms with van der Waals surface area (Å²) in [5, 5.41) is 0. The number of rotatable bonds is 2. The highest BCUT2D eigenvalue weighted by molar-refractivity contribution is 5.85. The minimum atomic E-state index is -0.197. The van der Waals surface area contributed by atoms with Crippen LogP contribution in [-0.4, -0.2) is 43.2 Å². The van der Waals surface area contributed by atoms with Crippen molar-refractivity contribution in [3.05, 3.63) is 0 Å². The van der Waals surface area contributed by atoms with Crippen molar-refractivity contribution in [2.75, 3.05) is 26.2 Å². The molecule has 1 aliphatic heterocycles. The summed E-state index contributed by atoms with van der Waals surface area (Å²) in [6.07, 6.45) is 2.10. The van der Waals surface area contributed by atoms with E-state index >= 15 is 0 Å². The highest BCUT2D eigenvalue weighted by atomic mass is 16.5. The number of hydrogen-bond acceptors (Lipinski definition) is 3. The van der Waals surface area contributed by atoms with Gasteiger partial charge in [0.2, 0.25) is 5.91 Å². The van der Waals surface area contributed by atoms with Gasteiger partial charge in [-0.2, -0.15) is 0 Å². The first kappa shape index (κ1) is 9.93. The minimum Gasteiger partial charge on any atom is -0.375 e. The summed E-state index contributed by atoms with van der Waals surface area (Å²) in [6.45, 7) is 4.61. The molecule has 1 saturated heterocycles. The van der Waals surface area contributed by atoms with E-state index < -0.39 is 0 Å². The molecule has 0 bridgehead atoms. The molecule has 1 saturated carbocycles. The van der Waals surface area contributed by atoms with Gasteiger partial charge in [0.15, 0.2) is 0 Å². The molecule has 0 aromatic rings. The molecule has 1 heterocycles. The second-order valence-corrected chi connectivity index (χ2v) is 4.42. The monoisotopic (exact) mass is 198 g/mol. The number of carbonyl (C=O) groups excluding carboxylic acids is 1. The Labute approximate surface area is 84.4 Å². The molecule has 0 spiro atoms. The van der Waals surface area contributed by atoms with Crippen molar-refractivity contribution in [2.45, 2.75) is 25.9 Å². The average Bonchev–Trinajstić information content (AvgIpc) is 2.97. The van der Waals surface area contributed by atoms with E-state index in [9.17, 15) is 4.79 Å². The standard InChI is InChI=1S/C10H18N2O2/c1-8-6-12(4-5-14-8)9(13)10(7-11)2-3-10/h8H,2-7,11H2,1H3. The van der Waals surface area contributed by atoms with Crippen LogP contribution < -0.4 is 5.73 Å². The Hall–Kier alpha value is -0.610. The Morgan fingerprint density at radius 3 is 2.86 bits per heavy atom. The number of nitrogens with two attached hydrogens (primary N) is 1. The molecule has 0 aromatic carbocycles. The van der Waals surface area contributed by atoms with Crippen molar-refractivity contribution in [3.63, 3.8) is 0 Å². The molecule has 0 aromatic heterocycles. The van der Waals surface area contributed by atoms with E-state index in [0.29, 0.717) is 13.2 Å². The first-order valence-electron chi connectivity index (χ1n) is 5.29. The molecule has 2 aliphatic rings. The molecule has 4 heteroatoms. The van der Waals surface area contributed by atoms with Gasteiger partial charge in [-0.25, -0.2) is 0 Å². The maximum atomic E-state index is 12.0. The van der Waals surface area contributed by atoms with Gasteiger partial charge in [0, 0.05) is 19.6 Å². The Morgan fingerprint density at radius 1 is 1.64 bits per heavy atom. The summed E-state index contributed by atoms with van der Waals surface area (Å²) >= 11 is 0. The van der Waals surface area contributed by atoms with Crippen molar-refractivity contribution in [3.8, 4) is 0 Å². The zero-order valence-corrected chi connectivity index (χ0v) is 8.66. The Bertz CT molecular complexity index is 238. The molecule has 1 aliphatic carbocycles. The third-order valence-corrected chi connectivity index (χ3v) is 3.23. The van der Waals surface area contributed by atoms with Crippen LogP contribution in [0.2, 0.25) is 0 Å². The van der Waals surface area contributed by atoms with Gasteiger partial charge in [-0.1, -0.05) is 0 Å². The molecule has 1 atom stereocenters. The van der Waals surface area contributed by atoms with Crippen molar-refractivity contribution < 1.29 is 9.53 Å². The van der Waals surface area contributed by atoms with E-state index in [1.807, 2.05) is 11.8 Å². The average molecular weight is 198 g/mol. The normalized spacial score (nSPS) is 30.1. The van der Waals surface area contributed by atoms with Crippen LogP contribution in [-0.2, 0) is 9.53 Å². The lowest BCUT2D eigenvalue weighted by Crippen LogP contribution is -2.48. The quantitative estimate of drug-likeness (QED) is 0.678. The molecule has 80 valence electrons. The van der Waals surface area contributed by atoms with E-state index in [4.69, 9.17) is 10.5 Å². The van der Waals surface area contributed by atoms with Crippen LogP contribution >= 0.6 is 0 Å². The molecule has 1 amide bonds. The Morgan fingerprint density at radius 2 is 2.36 bits per heavy atom. The molecule has 14 heavy (non-hydrogen) atoms. The topological polar surface area (TPSA) is 55.6 Å².